The zero-order valence-corrected chi connectivity index (χ0v) is 21.9. The fraction of sp³-hybridized carbons (Fsp3) is 0.345. The Hall–Kier alpha value is -3.55. The summed E-state index contributed by atoms with van der Waals surface area (Å²) in [5, 5.41) is 8.55. The average molecular weight is 485 g/mol. The Morgan fingerprint density at radius 2 is 1.75 bits per heavy atom. The number of likely N-dealkylation sites (N-methyl/N-ethyl adjacent to an activating group) is 2. The van der Waals surface area contributed by atoms with E-state index in [0.717, 1.165) is 47.5 Å². The Balaban J connectivity index is 1.72. The third-order valence-corrected chi connectivity index (χ3v) is 6.31. The van der Waals surface area contributed by atoms with E-state index in [1.165, 1.54) is 5.56 Å². The van der Waals surface area contributed by atoms with Crippen LogP contribution >= 0.6 is 0 Å². The molecule has 188 valence electrons. The summed E-state index contributed by atoms with van der Waals surface area (Å²) in [4.78, 5) is 22.7. The number of nitrogens with one attached hydrogen (secondary N) is 1. The fourth-order valence-corrected chi connectivity index (χ4v) is 4.38. The van der Waals surface area contributed by atoms with E-state index in [1.807, 2.05) is 55.2 Å². The Kier molecular flexibility index (Phi) is 8.13. The topological polar surface area (TPSA) is 66.3 Å². The third-order valence-electron chi connectivity index (χ3n) is 6.31. The van der Waals surface area contributed by atoms with Gasteiger partial charge in [0.1, 0.15) is 0 Å². The minimum Gasteiger partial charge on any atom is -0.337 e. The van der Waals surface area contributed by atoms with Crippen molar-refractivity contribution in [3.8, 4) is 11.3 Å². The molecule has 0 bridgehead atoms. The number of amides is 1. The van der Waals surface area contributed by atoms with Gasteiger partial charge in [0.25, 0.3) is 5.91 Å². The average Bonchev–Trinajstić information content (AvgIpc) is 3.32. The van der Waals surface area contributed by atoms with Crippen molar-refractivity contribution < 1.29 is 4.79 Å². The Bertz CT molecular complexity index is 1310. The van der Waals surface area contributed by atoms with E-state index in [0.29, 0.717) is 12.1 Å². The molecular weight excluding hydrogens is 448 g/mol. The molecule has 7 heteroatoms. The molecule has 2 aromatic heterocycles. The minimum atomic E-state index is -0.0428. The van der Waals surface area contributed by atoms with Crippen LogP contribution in [0.25, 0.3) is 22.3 Å². The van der Waals surface area contributed by atoms with Crippen molar-refractivity contribution >= 4 is 16.9 Å². The van der Waals surface area contributed by atoms with Crippen LogP contribution in [0.3, 0.4) is 0 Å². The first-order valence-electron chi connectivity index (χ1n) is 12.5. The van der Waals surface area contributed by atoms with E-state index in [4.69, 9.17) is 4.98 Å². The van der Waals surface area contributed by atoms with Gasteiger partial charge in [-0.3, -0.25) is 4.79 Å². The maximum atomic E-state index is 13.7. The van der Waals surface area contributed by atoms with E-state index in [1.54, 1.807) is 11.1 Å². The summed E-state index contributed by atoms with van der Waals surface area (Å²) in [5.74, 6) is -0.0428. The lowest BCUT2D eigenvalue weighted by atomic mass is 10.0. The standard InChI is InChI=1S/C29H36N6O/c1-21(2)35-28-26(18-31-35)25(29(36)34(5)20-22-10-7-6-8-11-22)17-27(32-28)24-13-9-12-23(16-24)19-33(4)15-14-30-3/h6-13,16-18,21,30H,14-15,19-20H2,1-5H3. The van der Waals surface area contributed by atoms with Gasteiger partial charge in [0, 0.05) is 44.8 Å². The first-order valence-corrected chi connectivity index (χ1v) is 12.5. The second kappa shape index (κ2) is 11.5. The van der Waals surface area contributed by atoms with Gasteiger partial charge in [0.05, 0.1) is 22.8 Å². The van der Waals surface area contributed by atoms with Gasteiger partial charge in [0.2, 0.25) is 0 Å². The predicted molar refractivity (Wildman–Crippen MR) is 146 cm³/mol. The lowest BCUT2D eigenvalue weighted by Crippen LogP contribution is -2.27. The summed E-state index contributed by atoms with van der Waals surface area (Å²) in [6, 6.07) is 20.5. The number of carbonyl (C=O) groups excluding carboxylic acids is 1. The van der Waals surface area contributed by atoms with Crippen LogP contribution in [0.15, 0.2) is 66.9 Å². The molecule has 0 aliphatic rings. The number of fused-ring (bicyclic) bond motifs is 1. The van der Waals surface area contributed by atoms with Gasteiger partial charge in [-0.1, -0.05) is 48.5 Å². The highest BCUT2D eigenvalue weighted by atomic mass is 16.2. The third kappa shape index (κ3) is 5.80. The molecule has 0 unspecified atom stereocenters. The molecule has 0 fully saturated rings. The van der Waals surface area contributed by atoms with Crippen molar-refractivity contribution in [1.29, 1.82) is 0 Å². The Morgan fingerprint density at radius 1 is 1.00 bits per heavy atom. The fourth-order valence-electron chi connectivity index (χ4n) is 4.38. The van der Waals surface area contributed by atoms with Crippen LogP contribution < -0.4 is 5.32 Å². The molecule has 0 aliphatic carbocycles. The van der Waals surface area contributed by atoms with Crippen LogP contribution in [0.5, 0.6) is 0 Å². The van der Waals surface area contributed by atoms with Gasteiger partial charge in [-0.15, -0.1) is 0 Å². The quantitative estimate of drug-likeness (QED) is 0.356. The number of nitrogens with zero attached hydrogens (tertiary/aromatic N) is 5. The van der Waals surface area contributed by atoms with E-state index in [-0.39, 0.29) is 11.9 Å². The summed E-state index contributed by atoms with van der Waals surface area (Å²) in [6.45, 7) is 7.43. The number of pyridine rings is 1. The molecule has 1 N–H and O–H groups in total. The molecule has 7 nitrogen and oxygen atoms in total. The van der Waals surface area contributed by atoms with Gasteiger partial charge in [-0.2, -0.15) is 5.10 Å². The molecule has 4 rings (SSSR count). The van der Waals surface area contributed by atoms with Crippen LogP contribution in [0.4, 0.5) is 0 Å². The molecule has 2 heterocycles. The van der Waals surface area contributed by atoms with Crippen LogP contribution in [-0.2, 0) is 13.1 Å². The second-order valence-electron chi connectivity index (χ2n) is 9.66. The van der Waals surface area contributed by atoms with E-state index in [9.17, 15) is 4.79 Å². The molecule has 4 aromatic rings. The molecule has 1 amide bonds. The second-order valence-corrected chi connectivity index (χ2v) is 9.66. The monoisotopic (exact) mass is 484 g/mol. The molecule has 0 spiro atoms. The van der Waals surface area contributed by atoms with Gasteiger partial charge in [-0.05, 0) is 51.2 Å². The van der Waals surface area contributed by atoms with Crippen LogP contribution in [0, 0.1) is 0 Å². The minimum absolute atomic E-state index is 0.0428. The summed E-state index contributed by atoms with van der Waals surface area (Å²) < 4.78 is 1.89. The SMILES string of the molecule is CNCCN(C)Cc1cccc(-c2cc(C(=O)N(C)Cc3ccccc3)c3cnn(C(C)C)c3n2)c1. The predicted octanol–water partition coefficient (Wildman–Crippen LogP) is 4.60. The summed E-state index contributed by atoms with van der Waals surface area (Å²) in [5.41, 5.74) is 5.42. The Labute approximate surface area is 213 Å². The number of rotatable bonds is 10. The number of hydrogen-bond acceptors (Lipinski definition) is 5. The number of benzene rings is 2. The molecule has 0 saturated heterocycles. The summed E-state index contributed by atoms with van der Waals surface area (Å²) >= 11 is 0. The first kappa shape index (κ1) is 25.5. The number of hydrogen-bond donors (Lipinski definition) is 1. The van der Waals surface area contributed by atoms with Crippen molar-refractivity contribution in [3.05, 3.63) is 83.6 Å². The van der Waals surface area contributed by atoms with Crippen molar-refractivity contribution in [1.82, 2.24) is 29.9 Å². The molecule has 0 saturated carbocycles. The van der Waals surface area contributed by atoms with Gasteiger partial charge >= 0.3 is 0 Å². The smallest absolute Gasteiger partial charge is 0.254 e. The zero-order chi connectivity index (χ0) is 25.7. The molecule has 2 aromatic carbocycles. The highest BCUT2D eigenvalue weighted by Crippen LogP contribution is 2.28. The number of carbonyl (C=O) groups is 1. The van der Waals surface area contributed by atoms with Gasteiger partial charge < -0.3 is 15.1 Å². The summed E-state index contributed by atoms with van der Waals surface area (Å²) in [6.07, 6.45) is 1.77. The van der Waals surface area contributed by atoms with Crippen LogP contribution in [0.2, 0.25) is 0 Å². The largest absolute Gasteiger partial charge is 0.337 e. The number of aromatic nitrogens is 3. The van der Waals surface area contributed by atoms with Gasteiger partial charge in [0.15, 0.2) is 5.65 Å². The highest BCUT2D eigenvalue weighted by Gasteiger charge is 2.21. The van der Waals surface area contributed by atoms with Gasteiger partial charge in [-0.25, -0.2) is 9.67 Å². The van der Waals surface area contributed by atoms with Crippen LogP contribution in [-0.4, -0.2) is 64.7 Å². The van der Waals surface area contributed by atoms with E-state index >= 15 is 0 Å². The molecule has 0 atom stereocenters. The maximum absolute atomic E-state index is 13.7. The molecular formula is C29H36N6O. The van der Waals surface area contributed by atoms with E-state index in [2.05, 4.69) is 60.5 Å². The maximum Gasteiger partial charge on any atom is 0.254 e. The van der Waals surface area contributed by atoms with Crippen LogP contribution in [0.1, 0.15) is 41.4 Å². The first-order chi connectivity index (χ1) is 17.4. The van der Waals surface area contributed by atoms with Crippen molar-refractivity contribution in [2.24, 2.45) is 0 Å². The zero-order valence-electron chi connectivity index (χ0n) is 21.9. The normalized spacial score (nSPS) is 11.5. The lowest BCUT2D eigenvalue weighted by molar-refractivity contribution is 0.0787. The highest BCUT2D eigenvalue weighted by molar-refractivity contribution is 6.06. The van der Waals surface area contributed by atoms with E-state index < -0.39 is 0 Å². The lowest BCUT2D eigenvalue weighted by Gasteiger charge is -2.19. The van der Waals surface area contributed by atoms with Crippen molar-refractivity contribution in [3.63, 3.8) is 0 Å². The Morgan fingerprint density at radius 3 is 2.47 bits per heavy atom. The molecule has 36 heavy (non-hydrogen) atoms. The van der Waals surface area contributed by atoms with Crippen molar-refractivity contribution in [2.45, 2.75) is 33.0 Å². The summed E-state index contributed by atoms with van der Waals surface area (Å²) in [7, 11) is 5.93. The molecule has 0 aliphatic heterocycles. The van der Waals surface area contributed by atoms with Crippen molar-refractivity contribution in [2.75, 3.05) is 34.2 Å². The molecule has 0 radical (unpaired) electrons.